The molecule has 2 aliphatic heterocycles. The van der Waals surface area contributed by atoms with Gasteiger partial charge in [0.15, 0.2) is 11.9 Å². The maximum atomic E-state index is 15.8. The molecular weight excluding hydrogens is 594 g/mol. The van der Waals surface area contributed by atoms with Crippen LogP contribution in [0.25, 0.3) is 0 Å². The van der Waals surface area contributed by atoms with Gasteiger partial charge in [-0.15, -0.1) is 0 Å². The number of ether oxygens (including phenoxy) is 1. The first-order chi connectivity index (χ1) is 22.5. The van der Waals surface area contributed by atoms with E-state index in [2.05, 4.69) is 17.3 Å². The highest BCUT2D eigenvalue weighted by atomic mass is 35.5. The lowest BCUT2D eigenvalue weighted by molar-refractivity contribution is -0.132. The Kier molecular flexibility index (Phi) is 7.89. The average molecular weight is 626 g/mol. The van der Waals surface area contributed by atoms with Crippen molar-refractivity contribution in [3.63, 3.8) is 0 Å². The summed E-state index contributed by atoms with van der Waals surface area (Å²) in [6, 6.07) is 44.6. The number of methoxy groups -OCH3 is 1. The monoisotopic (exact) mass is 625 g/mol. The van der Waals surface area contributed by atoms with E-state index in [9.17, 15) is 0 Å². The van der Waals surface area contributed by atoms with E-state index in [0.29, 0.717) is 16.4 Å². The van der Waals surface area contributed by atoms with Crippen molar-refractivity contribution in [1.82, 2.24) is 0 Å². The fourth-order valence-corrected chi connectivity index (χ4v) is 6.69. The van der Waals surface area contributed by atoms with Gasteiger partial charge in [0.2, 0.25) is 0 Å². The number of carbonyl (C=O) groups is 1. The Morgan fingerprint density at radius 2 is 1.33 bits per heavy atom. The van der Waals surface area contributed by atoms with Gasteiger partial charge < -0.3 is 9.57 Å². The first-order valence-electron chi connectivity index (χ1n) is 15.2. The van der Waals surface area contributed by atoms with Crippen LogP contribution in [-0.2, 0) is 9.63 Å². The number of ketones is 1. The molecular formula is C39H32ClN3O3. The van der Waals surface area contributed by atoms with Crippen LogP contribution in [0.4, 0.5) is 5.69 Å². The van der Waals surface area contributed by atoms with Crippen molar-refractivity contribution in [1.29, 1.82) is 0 Å². The number of oxime groups is 1. The van der Waals surface area contributed by atoms with Crippen LogP contribution in [0.5, 0.6) is 5.75 Å². The van der Waals surface area contributed by atoms with Crippen LogP contribution in [0, 0.1) is 11.3 Å². The summed E-state index contributed by atoms with van der Waals surface area (Å²) in [6.45, 7) is 1.95. The van der Waals surface area contributed by atoms with Crippen molar-refractivity contribution in [2.45, 2.75) is 19.1 Å². The van der Waals surface area contributed by atoms with Crippen molar-refractivity contribution in [3.05, 3.63) is 167 Å². The lowest BCUT2D eigenvalue weighted by Crippen LogP contribution is -2.47. The molecule has 5 aromatic carbocycles. The highest BCUT2D eigenvalue weighted by Gasteiger charge is 2.58. The molecule has 0 bridgehead atoms. The molecule has 2 aliphatic rings. The fourth-order valence-electron chi connectivity index (χ4n) is 6.56. The Hall–Kier alpha value is -5.20. The van der Waals surface area contributed by atoms with E-state index in [1.807, 2.05) is 139 Å². The number of Topliss-reactive ketones (excluding diaryl/α,β-unsaturated/α-hetero) is 1. The Morgan fingerprint density at radius 3 is 1.93 bits per heavy atom. The van der Waals surface area contributed by atoms with Crippen LogP contribution in [0.15, 0.2) is 150 Å². The number of rotatable bonds is 8. The number of hydrogen-bond acceptors (Lipinski definition) is 6. The third kappa shape index (κ3) is 5.15. The molecule has 46 heavy (non-hydrogen) atoms. The predicted octanol–water partition coefficient (Wildman–Crippen LogP) is 8.68. The van der Waals surface area contributed by atoms with Crippen molar-refractivity contribution in [2.75, 3.05) is 12.1 Å². The molecule has 6 nitrogen and oxygen atoms in total. The van der Waals surface area contributed by atoms with Gasteiger partial charge in [-0.2, -0.15) is 5.10 Å². The van der Waals surface area contributed by atoms with E-state index in [-0.39, 0.29) is 5.78 Å². The Morgan fingerprint density at radius 1 is 0.761 bits per heavy atom. The number of anilines is 1. The summed E-state index contributed by atoms with van der Waals surface area (Å²) in [5.41, 5.74) is 4.37. The normalized spacial score (nSPS) is 22.2. The Labute approximate surface area is 273 Å². The third-order valence-corrected chi connectivity index (χ3v) is 9.17. The highest BCUT2D eigenvalue weighted by molar-refractivity contribution is 6.31. The topological polar surface area (TPSA) is 63.5 Å². The predicted molar refractivity (Wildman–Crippen MR) is 182 cm³/mol. The summed E-state index contributed by atoms with van der Waals surface area (Å²) >= 11 is 6.28. The smallest absolute Gasteiger partial charge is 0.170 e. The zero-order chi connectivity index (χ0) is 31.7. The van der Waals surface area contributed by atoms with Crippen molar-refractivity contribution in [2.24, 2.45) is 21.6 Å². The van der Waals surface area contributed by atoms with Gasteiger partial charge >= 0.3 is 0 Å². The van der Waals surface area contributed by atoms with Crippen molar-refractivity contribution < 1.29 is 14.4 Å². The molecule has 0 saturated carbocycles. The lowest BCUT2D eigenvalue weighted by Gasteiger charge is -2.35. The highest BCUT2D eigenvalue weighted by Crippen LogP contribution is 2.51. The molecule has 0 amide bonds. The maximum Gasteiger partial charge on any atom is 0.170 e. The van der Waals surface area contributed by atoms with Gasteiger partial charge in [0, 0.05) is 10.6 Å². The number of hydrazone groups is 1. The van der Waals surface area contributed by atoms with Crippen LogP contribution < -0.4 is 9.75 Å². The molecule has 0 N–H and O–H groups in total. The van der Waals surface area contributed by atoms with Crippen LogP contribution >= 0.6 is 11.6 Å². The van der Waals surface area contributed by atoms with Gasteiger partial charge in [-0.3, -0.25) is 9.80 Å². The molecule has 7 rings (SSSR count). The summed E-state index contributed by atoms with van der Waals surface area (Å²) in [6.07, 6.45) is -0.661. The van der Waals surface area contributed by atoms with E-state index >= 15 is 4.79 Å². The summed E-state index contributed by atoms with van der Waals surface area (Å²) < 4.78 is 5.46. The number of halogens is 1. The van der Waals surface area contributed by atoms with Gasteiger partial charge in [0.05, 0.1) is 30.5 Å². The standard InChI is InChI=1S/C39H32ClN3O3/c1-39(36(28-18-22-30(40)23-19-28)42-46-38(39)29-14-8-4-9-15-29)37(44)33-34(26-20-24-32(45-2)25-21-26)41-43(31-16-10-5-11-17-31)35(33)27-12-6-3-7-13-27/h3-25,33,35,38H,1-2H3. The van der Waals surface area contributed by atoms with E-state index in [1.54, 1.807) is 7.11 Å². The quantitative estimate of drug-likeness (QED) is 0.173. The molecule has 5 aromatic rings. The molecule has 228 valence electrons. The lowest BCUT2D eigenvalue weighted by atomic mass is 9.65. The van der Waals surface area contributed by atoms with Gasteiger partial charge in [0.1, 0.15) is 16.9 Å². The maximum absolute atomic E-state index is 15.8. The first-order valence-corrected chi connectivity index (χ1v) is 15.6. The second-order valence-corrected chi connectivity index (χ2v) is 12.1. The van der Waals surface area contributed by atoms with Crippen LogP contribution in [0.2, 0.25) is 5.02 Å². The molecule has 0 fully saturated rings. The second-order valence-electron chi connectivity index (χ2n) is 11.6. The Bertz CT molecular complexity index is 1900. The summed E-state index contributed by atoms with van der Waals surface area (Å²) in [7, 11) is 1.64. The van der Waals surface area contributed by atoms with Crippen LogP contribution in [-0.4, -0.2) is 24.3 Å². The molecule has 2 heterocycles. The minimum atomic E-state index is -1.19. The van der Waals surface area contributed by atoms with Crippen molar-refractivity contribution in [3.8, 4) is 5.75 Å². The van der Waals surface area contributed by atoms with E-state index < -0.39 is 23.5 Å². The minimum absolute atomic E-state index is 0.0468. The van der Waals surface area contributed by atoms with Gasteiger partial charge in [-0.25, -0.2) is 0 Å². The number of nitrogens with zero attached hydrogens (tertiary/aromatic N) is 3. The molecule has 7 heteroatoms. The van der Waals surface area contributed by atoms with E-state index in [4.69, 9.17) is 26.3 Å². The number of para-hydroxylation sites is 1. The number of hydrogen-bond donors (Lipinski definition) is 0. The molecule has 4 unspecified atom stereocenters. The minimum Gasteiger partial charge on any atom is -0.497 e. The van der Waals surface area contributed by atoms with Crippen LogP contribution in [0.3, 0.4) is 0 Å². The molecule has 4 atom stereocenters. The second kappa shape index (κ2) is 12.3. The Balaban J connectivity index is 1.44. The molecule has 0 saturated heterocycles. The molecule has 0 aromatic heterocycles. The van der Waals surface area contributed by atoms with Gasteiger partial charge in [-0.1, -0.05) is 108 Å². The van der Waals surface area contributed by atoms with E-state index in [0.717, 1.165) is 33.7 Å². The summed E-state index contributed by atoms with van der Waals surface area (Å²) in [4.78, 5) is 22.0. The largest absolute Gasteiger partial charge is 0.497 e. The molecule has 0 radical (unpaired) electrons. The van der Waals surface area contributed by atoms with Gasteiger partial charge in [-0.05, 0) is 72.1 Å². The zero-order valence-corrected chi connectivity index (χ0v) is 26.2. The SMILES string of the molecule is COc1ccc(C2=NN(c3ccccc3)C(c3ccccc3)C2C(=O)C2(C)C(c3ccc(Cl)cc3)=NOC2c2ccccc2)cc1. The fraction of sp³-hybridized carbons (Fsp3) is 0.154. The first kappa shape index (κ1) is 29.5. The van der Waals surface area contributed by atoms with Crippen molar-refractivity contribution >= 4 is 34.5 Å². The summed E-state index contributed by atoms with van der Waals surface area (Å²) in [5, 5.41) is 12.4. The third-order valence-electron chi connectivity index (χ3n) is 8.92. The molecule has 0 aliphatic carbocycles. The van der Waals surface area contributed by atoms with Gasteiger partial charge in [0.25, 0.3) is 0 Å². The zero-order valence-electron chi connectivity index (χ0n) is 25.5. The average Bonchev–Trinajstić information content (AvgIpc) is 3.69. The summed E-state index contributed by atoms with van der Waals surface area (Å²) in [5.74, 6) is -0.0111. The van der Waals surface area contributed by atoms with E-state index in [1.165, 1.54) is 0 Å². The number of benzene rings is 5. The number of carbonyl (C=O) groups excluding carboxylic acids is 1. The molecule has 0 spiro atoms. The van der Waals surface area contributed by atoms with Crippen LogP contribution in [0.1, 0.15) is 41.3 Å².